The van der Waals surface area contributed by atoms with E-state index in [4.69, 9.17) is 15.2 Å². The number of carbonyl (C=O) groups is 16. The van der Waals surface area contributed by atoms with Crippen LogP contribution < -0.4 is 53.6 Å². The number of amides is 15. The number of aromatic nitrogens is 1. The molecule has 6 aromatic carbocycles. The summed E-state index contributed by atoms with van der Waals surface area (Å²) in [4.78, 5) is 248. The van der Waals surface area contributed by atoms with Gasteiger partial charge in [0.25, 0.3) is 0 Å². The van der Waals surface area contributed by atoms with E-state index in [1.807, 2.05) is 0 Å². The van der Waals surface area contributed by atoms with Crippen molar-refractivity contribution in [2.24, 2.45) is 17.6 Å². The number of phenols is 2. The number of aromatic hydroxyl groups is 2. The van der Waals surface area contributed by atoms with Gasteiger partial charge in [-0.15, -0.1) is 11.8 Å². The highest BCUT2D eigenvalue weighted by Gasteiger charge is 2.46. The van der Waals surface area contributed by atoms with Crippen LogP contribution in [0.4, 0.5) is 13.2 Å². The first kappa shape index (κ1) is 106. The summed E-state index contributed by atoms with van der Waals surface area (Å²) in [5.41, 5.74) is 7.81. The third-order valence-electron chi connectivity index (χ3n) is 24.1. The average molecular weight is 1930 g/mol. The lowest BCUT2D eigenvalue weighted by Gasteiger charge is -2.40. The number of carboxylic acid groups (broad SMARTS) is 1. The third-order valence-corrected chi connectivity index (χ3v) is 25.2. The number of nitrogens with two attached hydrogens (primary N) is 1. The van der Waals surface area contributed by atoms with Gasteiger partial charge in [0.1, 0.15) is 90.0 Å². The van der Waals surface area contributed by atoms with Gasteiger partial charge in [-0.2, -0.15) is 0 Å². The molecule has 0 saturated carbocycles. The van der Waals surface area contributed by atoms with Crippen molar-refractivity contribution in [3.63, 3.8) is 0 Å². The zero-order valence-electron chi connectivity index (χ0n) is 77.8. The van der Waals surface area contributed by atoms with E-state index in [0.29, 0.717) is 69.0 Å². The second-order valence-corrected chi connectivity index (χ2v) is 36.2. The summed E-state index contributed by atoms with van der Waals surface area (Å²) in [7, 11) is 3.71. The summed E-state index contributed by atoms with van der Waals surface area (Å²) < 4.78 is 56.9. The molecule has 41 heteroatoms. The number of hydrogen-bond acceptors (Lipinski definition) is 21. The van der Waals surface area contributed by atoms with Gasteiger partial charge in [-0.25, -0.2) is 13.2 Å². The molecule has 3 aliphatic heterocycles. The number of nitrogens with zero attached hydrogens (tertiary/aromatic N) is 5. The zero-order valence-corrected chi connectivity index (χ0v) is 78.6. The standard InChI is InChI=1S/C97H119F3N16O21S/c1-9-10-25-75-96(134)116-35-37-137-51-79(116)92(130)108-71(47-82(121)122)89(127)111-84(55(4)5)97(135)113(7)76(44-56-19-13-11-14-20-56)90(128)109-73(42-59-28-32-63(118)33-29-59)94(132)115-34-36-136-50-78(115)91(129)107-70(46-61-48-102-67-24-18-17-23-64(61)67)88(126)106-69(41-58-26-30-62(117)31-27-58)87(125)105-68(38-54(2)3)86(124)110-74(85(123)103-49-80(101)119)52-138-53-81(120)104-72(43-60-39-65(98)83(100)66(99)40-60)93(131)114(8)77(95(133)112(75)6)45-57-21-15-12-16-22-57/h11-24,26-33,39-40,48,54-55,68-79,84,102,117-118H,9-10,25,34-38,41-47,49-53H2,1-8H3,(H2,101,119)(H,103,123)(H,104,120)(H,105,125)(H,106,126)(H,107,129)(H,108,130)(H,109,128)(H,110,124)(H,111,127)(H,121,122)/t68-,69-,70-,71-,72-,73-,74-,75-,76-,77-,78+,79+,84-/m0/s1. The highest BCUT2D eigenvalue weighted by molar-refractivity contribution is 8.00. The van der Waals surface area contributed by atoms with Crippen LogP contribution in [0.25, 0.3) is 10.9 Å². The number of aliphatic carboxylic acids is 1. The van der Waals surface area contributed by atoms with Crippen LogP contribution in [-0.4, -0.2) is 297 Å². The normalized spacial score (nSPS) is 23.3. The molecule has 15 amide bonds. The maximum absolute atomic E-state index is 15.9. The molecule has 138 heavy (non-hydrogen) atoms. The number of carboxylic acids is 1. The topological polar surface area (TPSA) is 519 Å². The van der Waals surface area contributed by atoms with Gasteiger partial charge >= 0.3 is 5.97 Å². The van der Waals surface area contributed by atoms with Crippen molar-refractivity contribution in [2.75, 3.05) is 78.7 Å². The summed E-state index contributed by atoms with van der Waals surface area (Å²) in [5.74, 6) is -24.8. The van der Waals surface area contributed by atoms with E-state index >= 15 is 61.5 Å². The van der Waals surface area contributed by atoms with Gasteiger partial charge in [0, 0.05) is 95.6 Å². The molecular weight excluding hydrogens is 1810 g/mol. The monoisotopic (exact) mass is 1930 g/mol. The average Bonchev–Trinajstić information content (AvgIpc) is 1.07. The number of unbranched alkanes of at least 4 members (excludes halogenated alkanes) is 1. The Morgan fingerprint density at radius 2 is 0.971 bits per heavy atom. The molecule has 7 aromatic rings. The van der Waals surface area contributed by atoms with Crippen molar-refractivity contribution in [3.05, 3.63) is 203 Å². The van der Waals surface area contributed by atoms with E-state index in [2.05, 4.69) is 52.8 Å². The number of nitrogens with one attached hydrogen (secondary N) is 10. The van der Waals surface area contributed by atoms with E-state index in [1.165, 1.54) is 83.5 Å². The van der Waals surface area contributed by atoms with Gasteiger partial charge in [-0.05, 0) is 101 Å². The van der Waals surface area contributed by atoms with Crippen LogP contribution in [0.5, 0.6) is 11.5 Å². The third kappa shape index (κ3) is 29.3. The number of likely N-dealkylation sites (N-methyl/N-ethyl adjacent to an activating group) is 3. The molecule has 4 heterocycles. The Labute approximate surface area is 799 Å². The maximum atomic E-state index is 15.9. The number of thioether (sulfide) groups is 1. The Balaban J connectivity index is 1.07. The number of ether oxygens (including phenoxy) is 2. The smallest absolute Gasteiger partial charge is 0.305 e. The van der Waals surface area contributed by atoms with Crippen molar-refractivity contribution in [1.82, 2.24) is 77.3 Å². The van der Waals surface area contributed by atoms with Crippen LogP contribution in [0, 0.1) is 29.3 Å². The Morgan fingerprint density at radius 3 is 1.53 bits per heavy atom. The lowest BCUT2D eigenvalue weighted by atomic mass is 9.98. The molecule has 0 radical (unpaired) electrons. The summed E-state index contributed by atoms with van der Waals surface area (Å²) in [6, 6.07) is 14.1. The highest BCUT2D eigenvalue weighted by atomic mass is 32.2. The van der Waals surface area contributed by atoms with E-state index < -0.39 is 247 Å². The molecule has 3 aliphatic rings. The lowest BCUT2D eigenvalue weighted by molar-refractivity contribution is -0.158. The van der Waals surface area contributed by atoms with Gasteiger partial charge in [-0.1, -0.05) is 151 Å². The molecule has 37 nitrogen and oxygen atoms in total. The van der Waals surface area contributed by atoms with Crippen molar-refractivity contribution in [3.8, 4) is 11.5 Å². The predicted octanol–water partition coefficient (Wildman–Crippen LogP) is 2.28. The number of aromatic amines is 1. The Kier molecular flexibility index (Phi) is 38.6. The minimum atomic E-state index is -2.02. The van der Waals surface area contributed by atoms with Crippen LogP contribution >= 0.6 is 11.8 Å². The number of hydrogen-bond donors (Lipinski definition) is 14. The lowest BCUT2D eigenvalue weighted by Crippen LogP contribution is -2.64. The molecule has 3 saturated heterocycles. The van der Waals surface area contributed by atoms with Gasteiger partial charge in [0.2, 0.25) is 88.6 Å². The largest absolute Gasteiger partial charge is 0.508 e. The van der Waals surface area contributed by atoms with E-state index in [-0.39, 0.29) is 94.7 Å². The fraction of sp³-hybridized carbons (Fsp3) is 0.443. The molecule has 740 valence electrons. The molecule has 3 fully saturated rings. The van der Waals surface area contributed by atoms with Crippen molar-refractivity contribution in [2.45, 2.75) is 184 Å². The summed E-state index contributed by atoms with van der Waals surface area (Å²) in [6.07, 6.45) is -1.46. The molecule has 1 aromatic heterocycles. The van der Waals surface area contributed by atoms with Crippen molar-refractivity contribution >= 4 is 117 Å². The van der Waals surface area contributed by atoms with Crippen LogP contribution in [0.3, 0.4) is 0 Å². The zero-order chi connectivity index (χ0) is 100. The number of para-hydroxylation sites is 1. The fourth-order valence-electron chi connectivity index (χ4n) is 16.6. The SMILES string of the molecule is CCCC[C@H]1C(=O)N2CCOC[C@@H]2C(=O)N[C@@H](CC(=O)O)C(=O)N[C@@H](C(C)C)C(=O)N(C)[C@@H](Cc2ccccc2)C(=O)N[C@@H](Cc2ccc(O)cc2)C(=O)N2CCOC[C@@H]2C(=O)N[C@@H](Cc2c[nH]c3ccccc23)C(=O)N[C@@H](Cc2ccc(O)cc2)C(=O)N[C@@H](CC(C)C)C(=O)N[C@H](C(=O)NCC(N)=O)CSCC(=O)N[C@@H](Cc2cc(F)c(F)c(F)c2)C(=O)N(C)[C@@H](Cc2ccccc2)C(=O)N1C. The van der Waals surface area contributed by atoms with Gasteiger partial charge in [-0.3, -0.25) is 76.7 Å². The first-order chi connectivity index (χ1) is 65.8. The second-order valence-electron chi connectivity index (χ2n) is 35.2. The number of primary amides is 1. The molecule has 10 rings (SSSR count). The quantitative estimate of drug-likeness (QED) is 0.0409. The summed E-state index contributed by atoms with van der Waals surface area (Å²) in [5, 5.41) is 55.6. The molecular formula is C97H119F3N16O21S. The second kappa shape index (κ2) is 50.2. The first-order valence-electron chi connectivity index (χ1n) is 45.4. The predicted molar refractivity (Wildman–Crippen MR) is 499 cm³/mol. The Hall–Kier alpha value is -14.0. The number of fused-ring (bicyclic) bond motifs is 3. The van der Waals surface area contributed by atoms with Gasteiger partial charge in [0.05, 0.1) is 45.1 Å². The fourth-order valence-corrected chi connectivity index (χ4v) is 17.4. The van der Waals surface area contributed by atoms with Crippen LogP contribution in [0.2, 0.25) is 0 Å². The minimum absolute atomic E-state index is 0.0902. The van der Waals surface area contributed by atoms with Gasteiger partial charge < -0.3 is 108 Å². The molecule has 13 atom stereocenters. The van der Waals surface area contributed by atoms with E-state index in [9.17, 15) is 43.7 Å². The van der Waals surface area contributed by atoms with Crippen LogP contribution in [0.15, 0.2) is 152 Å². The summed E-state index contributed by atoms with van der Waals surface area (Å²) >= 11 is 0.665. The number of benzene rings is 6. The Morgan fingerprint density at radius 1 is 0.500 bits per heavy atom. The van der Waals surface area contributed by atoms with Crippen LogP contribution in [-0.2, 0) is 125 Å². The number of halogens is 3. The Bertz CT molecular complexity index is 5490. The summed E-state index contributed by atoms with van der Waals surface area (Å²) in [6.45, 7) is 5.45. The molecule has 15 N–H and O–H groups in total. The molecule has 0 spiro atoms. The minimum Gasteiger partial charge on any atom is -0.508 e. The van der Waals surface area contributed by atoms with E-state index in [1.54, 1.807) is 112 Å². The van der Waals surface area contributed by atoms with Gasteiger partial charge in [0.15, 0.2) is 17.5 Å². The number of H-pyrrole nitrogens is 1. The molecule has 0 unspecified atom stereocenters. The first-order valence-corrected chi connectivity index (χ1v) is 46.6. The van der Waals surface area contributed by atoms with E-state index in [0.717, 1.165) is 24.5 Å². The van der Waals surface area contributed by atoms with Crippen molar-refractivity contribution in [1.29, 1.82) is 0 Å². The number of phenolic OH excluding ortho intramolecular Hbond substituents is 2. The van der Waals surface area contributed by atoms with Crippen LogP contribution in [0.1, 0.15) is 100 Å². The highest BCUT2D eigenvalue weighted by Crippen LogP contribution is 2.27. The number of morpholine rings is 2. The molecule has 0 bridgehead atoms. The number of carbonyl (C=O) groups excluding carboxylic acids is 15. The number of rotatable bonds is 23. The molecule has 0 aliphatic carbocycles. The van der Waals surface area contributed by atoms with Crippen molar-refractivity contribution < 1.29 is 115 Å². The maximum Gasteiger partial charge on any atom is 0.305 e.